The van der Waals surface area contributed by atoms with Crippen molar-refractivity contribution in [2.45, 2.75) is 91.4 Å². The topological polar surface area (TPSA) is 101 Å². The molecule has 1 amide bonds. The maximum Gasteiger partial charge on any atom is 0.509 e. The SMILES string of the molecule is C=C(C(=O)OCC)[C@@H](OC(=O)OC(C)(C)C)[C@@H]1COC(C)(C)N1C(=O)OC(C)(C)C. The maximum atomic E-state index is 12.9. The lowest BCUT2D eigenvalue weighted by Crippen LogP contribution is -2.55. The van der Waals surface area contributed by atoms with Gasteiger partial charge in [0.15, 0.2) is 6.10 Å². The Morgan fingerprint density at radius 2 is 1.63 bits per heavy atom. The summed E-state index contributed by atoms with van der Waals surface area (Å²) in [4.78, 5) is 38.9. The molecule has 0 bridgehead atoms. The number of carbonyl (C=O) groups is 3. The summed E-state index contributed by atoms with van der Waals surface area (Å²) < 4.78 is 26.9. The molecule has 1 heterocycles. The molecule has 1 rings (SSSR count). The van der Waals surface area contributed by atoms with Crippen LogP contribution in [0.2, 0.25) is 0 Å². The van der Waals surface area contributed by atoms with E-state index in [0.717, 1.165) is 0 Å². The highest BCUT2D eigenvalue weighted by molar-refractivity contribution is 5.89. The number of carbonyl (C=O) groups excluding carboxylic acids is 3. The Hall–Kier alpha value is -2.29. The second-order valence-electron chi connectivity index (χ2n) is 9.42. The van der Waals surface area contributed by atoms with Crippen molar-refractivity contribution >= 4 is 18.2 Å². The van der Waals surface area contributed by atoms with Crippen LogP contribution >= 0.6 is 0 Å². The van der Waals surface area contributed by atoms with Gasteiger partial charge < -0.3 is 23.7 Å². The minimum Gasteiger partial charge on any atom is -0.463 e. The molecule has 1 aliphatic rings. The van der Waals surface area contributed by atoms with Gasteiger partial charge in [0.05, 0.1) is 18.8 Å². The molecule has 2 atom stereocenters. The van der Waals surface area contributed by atoms with E-state index in [0.29, 0.717) is 0 Å². The molecule has 172 valence electrons. The van der Waals surface area contributed by atoms with Gasteiger partial charge in [-0.1, -0.05) is 6.58 Å². The van der Waals surface area contributed by atoms with Gasteiger partial charge in [-0.05, 0) is 62.3 Å². The van der Waals surface area contributed by atoms with E-state index in [1.54, 1.807) is 62.3 Å². The van der Waals surface area contributed by atoms with Gasteiger partial charge in [-0.3, -0.25) is 4.90 Å². The molecular formula is C21H35NO8. The Bertz CT molecular complexity index is 671. The summed E-state index contributed by atoms with van der Waals surface area (Å²) in [6, 6.07) is -0.876. The predicted molar refractivity (Wildman–Crippen MR) is 109 cm³/mol. The third kappa shape index (κ3) is 7.19. The first-order valence-corrected chi connectivity index (χ1v) is 9.90. The smallest absolute Gasteiger partial charge is 0.463 e. The third-order valence-corrected chi connectivity index (χ3v) is 3.95. The molecule has 0 saturated carbocycles. The highest BCUT2D eigenvalue weighted by Crippen LogP contribution is 2.34. The van der Waals surface area contributed by atoms with Crippen molar-refractivity contribution in [2.75, 3.05) is 13.2 Å². The average Bonchev–Trinajstić information content (AvgIpc) is 2.84. The third-order valence-electron chi connectivity index (χ3n) is 3.95. The van der Waals surface area contributed by atoms with Gasteiger partial charge in [-0.15, -0.1) is 0 Å². The maximum absolute atomic E-state index is 12.9. The number of amides is 1. The zero-order valence-electron chi connectivity index (χ0n) is 19.5. The molecule has 0 N–H and O–H groups in total. The van der Waals surface area contributed by atoms with Crippen LogP contribution in [0.4, 0.5) is 9.59 Å². The summed E-state index contributed by atoms with van der Waals surface area (Å²) in [6.07, 6.45) is -2.94. The standard InChI is InChI=1S/C21H35NO8/c1-11-26-16(23)13(2)15(28-18(25)30-20(6,7)8)14-12-27-21(9,10)22(14)17(24)29-19(3,4)5/h14-15H,2,11-12H2,1,3-10H3/t14-,15+/m0/s1. The molecule has 1 saturated heterocycles. The second-order valence-corrected chi connectivity index (χ2v) is 9.42. The van der Waals surface area contributed by atoms with Gasteiger partial charge in [-0.25, -0.2) is 14.4 Å². The van der Waals surface area contributed by atoms with Crippen LogP contribution in [0.15, 0.2) is 12.2 Å². The zero-order valence-corrected chi connectivity index (χ0v) is 19.5. The van der Waals surface area contributed by atoms with E-state index >= 15 is 0 Å². The zero-order chi connectivity index (χ0) is 23.5. The van der Waals surface area contributed by atoms with Crippen molar-refractivity contribution in [3.8, 4) is 0 Å². The first kappa shape index (κ1) is 25.7. The van der Waals surface area contributed by atoms with Gasteiger partial charge in [-0.2, -0.15) is 0 Å². The summed E-state index contributed by atoms with van der Waals surface area (Å²) in [7, 11) is 0. The molecule has 30 heavy (non-hydrogen) atoms. The Morgan fingerprint density at radius 3 is 2.10 bits per heavy atom. The minimum atomic E-state index is -1.26. The molecule has 0 aliphatic carbocycles. The number of hydrogen-bond acceptors (Lipinski definition) is 8. The Kier molecular flexibility index (Phi) is 7.93. The van der Waals surface area contributed by atoms with E-state index in [4.69, 9.17) is 23.7 Å². The van der Waals surface area contributed by atoms with Crippen LogP contribution in [0, 0.1) is 0 Å². The highest BCUT2D eigenvalue weighted by Gasteiger charge is 2.51. The largest absolute Gasteiger partial charge is 0.509 e. The molecule has 9 heteroatoms. The fraction of sp³-hybridized carbons (Fsp3) is 0.762. The molecule has 0 aromatic carbocycles. The molecule has 0 aromatic rings. The lowest BCUT2D eigenvalue weighted by Gasteiger charge is -2.37. The molecule has 9 nitrogen and oxygen atoms in total. The van der Waals surface area contributed by atoms with Gasteiger partial charge in [0.1, 0.15) is 23.0 Å². The fourth-order valence-electron chi connectivity index (χ4n) is 2.82. The van der Waals surface area contributed by atoms with Gasteiger partial charge in [0.2, 0.25) is 0 Å². The molecular weight excluding hydrogens is 394 g/mol. The van der Waals surface area contributed by atoms with Crippen molar-refractivity contribution in [1.82, 2.24) is 4.90 Å². The lowest BCUT2D eigenvalue weighted by molar-refractivity contribution is -0.140. The summed E-state index contributed by atoms with van der Waals surface area (Å²) >= 11 is 0. The number of rotatable bonds is 5. The van der Waals surface area contributed by atoms with Crippen LogP contribution in [-0.2, 0) is 28.5 Å². The van der Waals surface area contributed by atoms with Crippen molar-refractivity contribution in [3.63, 3.8) is 0 Å². The quantitative estimate of drug-likeness (QED) is 0.370. The van der Waals surface area contributed by atoms with E-state index < -0.39 is 47.3 Å². The van der Waals surface area contributed by atoms with E-state index in [2.05, 4.69) is 6.58 Å². The highest BCUT2D eigenvalue weighted by atomic mass is 16.7. The van der Waals surface area contributed by atoms with Crippen LogP contribution in [0.5, 0.6) is 0 Å². The van der Waals surface area contributed by atoms with Crippen LogP contribution in [-0.4, -0.2) is 65.4 Å². The van der Waals surface area contributed by atoms with Crippen molar-refractivity contribution in [1.29, 1.82) is 0 Å². The number of nitrogens with zero attached hydrogens (tertiary/aromatic N) is 1. The summed E-state index contributed by atoms with van der Waals surface area (Å²) in [6.45, 7) is 19.1. The Morgan fingerprint density at radius 1 is 1.10 bits per heavy atom. The van der Waals surface area contributed by atoms with Gasteiger partial charge in [0.25, 0.3) is 0 Å². The monoisotopic (exact) mass is 429 g/mol. The van der Waals surface area contributed by atoms with E-state index in [-0.39, 0.29) is 18.8 Å². The number of hydrogen-bond donors (Lipinski definition) is 0. The van der Waals surface area contributed by atoms with Crippen LogP contribution in [0.1, 0.15) is 62.3 Å². The van der Waals surface area contributed by atoms with Gasteiger partial charge >= 0.3 is 18.2 Å². The summed E-state index contributed by atoms with van der Waals surface area (Å²) in [5.41, 5.74) is -2.79. The minimum absolute atomic E-state index is 0.0157. The molecule has 1 fully saturated rings. The van der Waals surface area contributed by atoms with Crippen molar-refractivity contribution in [2.24, 2.45) is 0 Å². The fourth-order valence-corrected chi connectivity index (χ4v) is 2.82. The average molecular weight is 430 g/mol. The predicted octanol–water partition coefficient (Wildman–Crippen LogP) is 3.80. The molecule has 1 aliphatic heterocycles. The van der Waals surface area contributed by atoms with E-state index in [1.807, 2.05) is 0 Å². The lowest BCUT2D eigenvalue weighted by atomic mass is 10.0. The molecule has 0 aromatic heterocycles. The van der Waals surface area contributed by atoms with Crippen molar-refractivity contribution < 1.29 is 38.1 Å². The Labute approximate surface area is 178 Å². The van der Waals surface area contributed by atoms with E-state index in [1.165, 1.54) is 4.90 Å². The van der Waals surface area contributed by atoms with Crippen LogP contribution in [0.25, 0.3) is 0 Å². The summed E-state index contributed by atoms with van der Waals surface area (Å²) in [5, 5.41) is 0. The van der Waals surface area contributed by atoms with Crippen molar-refractivity contribution in [3.05, 3.63) is 12.2 Å². The number of ether oxygens (including phenoxy) is 5. The molecule has 0 spiro atoms. The molecule has 0 unspecified atom stereocenters. The van der Waals surface area contributed by atoms with E-state index in [9.17, 15) is 14.4 Å². The second kappa shape index (κ2) is 9.24. The normalized spacial score (nSPS) is 19.6. The van der Waals surface area contributed by atoms with Crippen LogP contribution in [0.3, 0.4) is 0 Å². The first-order chi connectivity index (χ1) is 13.5. The Balaban J connectivity index is 3.27. The molecule has 0 radical (unpaired) electrons. The first-order valence-electron chi connectivity index (χ1n) is 9.90. The van der Waals surface area contributed by atoms with Gasteiger partial charge in [0, 0.05) is 0 Å². The summed E-state index contributed by atoms with van der Waals surface area (Å²) in [5.74, 6) is -0.750. The van der Waals surface area contributed by atoms with Crippen LogP contribution < -0.4 is 0 Å². The number of esters is 1.